The van der Waals surface area contributed by atoms with Crippen molar-refractivity contribution < 1.29 is 10.2 Å². The van der Waals surface area contributed by atoms with Crippen LogP contribution in [-0.2, 0) is 0 Å². The molecular formula is C8H14N2O2. The van der Waals surface area contributed by atoms with Crippen molar-refractivity contribution in [1.29, 1.82) is 5.26 Å². The third-order valence-corrected chi connectivity index (χ3v) is 2.33. The van der Waals surface area contributed by atoms with Gasteiger partial charge in [-0.2, -0.15) is 5.26 Å². The standard InChI is InChI=1S/C8H14N2O2/c1-6(3-9)10-4-8(12)2-7(10)5-11/h6-8,11-12H,2,4-5H2,1H3/t6?,7-,8-/m0/s1. The molecular weight excluding hydrogens is 156 g/mol. The largest absolute Gasteiger partial charge is 0.395 e. The minimum absolute atomic E-state index is 0.0169. The van der Waals surface area contributed by atoms with Crippen LogP contribution in [0.2, 0.25) is 0 Å². The molecule has 4 nitrogen and oxygen atoms in total. The first-order chi connectivity index (χ1) is 5.69. The molecule has 0 amide bonds. The van der Waals surface area contributed by atoms with E-state index in [0.29, 0.717) is 13.0 Å². The fraction of sp³-hybridized carbons (Fsp3) is 0.875. The van der Waals surface area contributed by atoms with Crippen molar-refractivity contribution in [3.05, 3.63) is 0 Å². The van der Waals surface area contributed by atoms with Gasteiger partial charge in [0.2, 0.25) is 0 Å². The Balaban J connectivity index is 2.58. The highest BCUT2D eigenvalue weighted by Gasteiger charge is 2.33. The maximum Gasteiger partial charge on any atom is 0.0953 e. The second kappa shape index (κ2) is 3.85. The Labute approximate surface area is 72.0 Å². The molecule has 1 aliphatic heterocycles. The molecule has 1 saturated heterocycles. The molecule has 1 fully saturated rings. The lowest BCUT2D eigenvalue weighted by molar-refractivity contribution is 0.140. The number of nitriles is 1. The summed E-state index contributed by atoms with van der Waals surface area (Å²) in [7, 11) is 0. The maximum absolute atomic E-state index is 9.28. The Bertz CT molecular complexity index is 190. The highest BCUT2D eigenvalue weighted by molar-refractivity contribution is 4.96. The molecule has 0 saturated carbocycles. The Morgan fingerprint density at radius 1 is 1.75 bits per heavy atom. The van der Waals surface area contributed by atoms with E-state index in [0.717, 1.165) is 0 Å². The molecule has 0 aromatic heterocycles. The molecule has 1 unspecified atom stereocenters. The summed E-state index contributed by atoms with van der Waals surface area (Å²) >= 11 is 0. The van der Waals surface area contributed by atoms with Crippen LogP contribution in [0.15, 0.2) is 0 Å². The van der Waals surface area contributed by atoms with Crippen molar-refractivity contribution in [3.8, 4) is 6.07 Å². The molecule has 1 heterocycles. The van der Waals surface area contributed by atoms with Gasteiger partial charge in [0, 0.05) is 12.6 Å². The first kappa shape index (κ1) is 9.46. The number of aliphatic hydroxyl groups is 2. The summed E-state index contributed by atoms with van der Waals surface area (Å²) in [4.78, 5) is 1.84. The summed E-state index contributed by atoms with van der Waals surface area (Å²) in [6.07, 6.45) is 0.181. The summed E-state index contributed by atoms with van der Waals surface area (Å²) < 4.78 is 0. The minimum Gasteiger partial charge on any atom is -0.395 e. The molecule has 68 valence electrons. The Morgan fingerprint density at radius 3 is 2.92 bits per heavy atom. The Kier molecular flexibility index (Phi) is 3.04. The van der Waals surface area contributed by atoms with Gasteiger partial charge < -0.3 is 10.2 Å². The van der Waals surface area contributed by atoms with E-state index < -0.39 is 6.10 Å². The van der Waals surface area contributed by atoms with Crippen LogP contribution < -0.4 is 0 Å². The molecule has 2 N–H and O–H groups in total. The first-order valence-electron chi connectivity index (χ1n) is 4.13. The topological polar surface area (TPSA) is 67.5 Å². The zero-order valence-electron chi connectivity index (χ0n) is 7.14. The molecule has 12 heavy (non-hydrogen) atoms. The number of hydrogen-bond donors (Lipinski definition) is 2. The quantitative estimate of drug-likeness (QED) is 0.576. The lowest BCUT2D eigenvalue weighted by Crippen LogP contribution is -2.38. The van der Waals surface area contributed by atoms with Crippen LogP contribution >= 0.6 is 0 Å². The summed E-state index contributed by atoms with van der Waals surface area (Å²) in [6.45, 7) is 2.30. The molecule has 0 radical (unpaired) electrons. The third kappa shape index (κ3) is 1.75. The van der Waals surface area contributed by atoms with Crippen molar-refractivity contribution in [2.75, 3.05) is 13.2 Å². The van der Waals surface area contributed by atoms with Crippen LogP contribution in [0.1, 0.15) is 13.3 Å². The fourth-order valence-electron chi connectivity index (χ4n) is 1.64. The van der Waals surface area contributed by atoms with Gasteiger partial charge in [0.15, 0.2) is 0 Å². The highest BCUT2D eigenvalue weighted by atomic mass is 16.3. The van der Waals surface area contributed by atoms with Crippen molar-refractivity contribution in [1.82, 2.24) is 4.90 Å². The average molecular weight is 170 g/mol. The zero-order valence-corrected chi connectivity index (χ0v) is 7.14. The number of aliphatic hydroxyl groups excluding tert-OH is 2. The summed E-state index contributed by atoms with van der Waals surface area (Å²) in [5, 5.41) is 26.9. The summed E-state index contributed by atoms with van der Waals surface area (Å²) in [6, 6.07) is 1.83. The van der Waals surface area contributed by atoms with E-state index in [4.69, 9.17) is 10.4 Å². The maximum atomic E-state index is 9.28. The van der Waals surface area contributed by atoms with Gasteiger partial charge in [0.1, 0.15) is 0 Å². The van der Waals surface area contributed by atoms with Crippen LogP contribution in [0.5, 0.6) is 0 Å². The summed E-state index contributed by atoms with van der Waals surface area (Å²) in [5.74, 6) is 0. The smallest absolute Gasteiger partial charge is 0.0953 e. The number of nitrogens with zero attached hydrogens (tertiary/aromatic N) is 2. The fourth-order valence-corrected chi connectivity index (χ4v) is 1.64. The number of β-amino-alcohol motifs (C(OH)–C–C–N with tert-alkyl or cyclic N) is 1. The van der Waals surface area contributed by atoms with Crippen molar-refractivity contribution >= 4 is 0 Å². The predicted octanol–water partition coefficient (Wildman–Crippen LogP) is -0.674. The minimum atomic E-state index is -0.391. The van der Waals surface area contributed by atoms with E-state index in [1.807, 2.05) is 4.90 Å². The van der Waals surface area contributed by atoms with Gasteiger partial charge in [0.05, 0.1) is 24.8 Å². The van der Waals surface area contributed by atoms with Crippen LogP contribution in [0.3, 0.4) is 0 Å². The van der Waals surface area contributed by atoms with E-state index in [1.165, 1.54) is 0 Å². The van der Waals surface area contributed by atoms with E-state index in [-0.39, 0.29) is 18.7 Å². The van der Waals surface area contributed by atoms with Crippen LogP contribution in [-0.4, -0.2) is 46.5 Å². The molecule has 0 aliphatic carbocycles. The van der Waals surface area contributed by atoms with Gasteiger partial charge >= 0.3 is 0 Å². The van der Waals surface area contributed by atoms with Gasteiger partial charge in [-0.25, -0.2) is 0 Å². The van der Waals surface area contributed by atoms with Crippen LogP contribution in [0.25, 0.3) is 0 Å². The van der Waals surface area contributed by atoms with E-state index in [1.54, 1.807) is 6.92 Å². The number of likely N-dealkylation sites (tertiary alicyclic amines) is 1. The van der Waals surface area contributed by atoms with Gasteiger partial charge in [-0.15, -0.1) is 0 Å². The number of hydrogen-bond acceptors (Lipinski definition) is 4. The lowest BCUT2D eigenvalue weighted by atomic mass is 10.2. The van der Waals surface area contributed by atoms with Gasteiger partial charge in [-0.1, -0.05) is 0 Å². The second-order valence-corrected chi connectivity index (χ2v) is 3.23. The molecule has 1 aliphatic rings. The normalized spacial score (nSPS) is 33.2. The molecule has 0 bridgehead atoms. The van der Waals surface area contributed by atoms with Crippen LogP contribution in [0.4, 0.5) is 0 Å². The molecule has 0 aromatic carbocycles. The van der Waals surface area contributed by atoms with Crippen LogP contribution in [0, 0.1) is 11.3 Å². The lowest BCUT2D eigenvalue weighted by Gasteiger charge is -2.24. The Hall–Kier alpha value is -0.630. The molecule has 4 heteroatoms. The SMILES string of the molecule is CC(C#N)N1C[C@@H](O)C[C@H]1CO. The molecule has 0 aromatic rings. The van der Waals surface area contributed by atoms with Crippen molar-refractivity contribution in [3.63, 3.8) is 0 Å². The molecule has 0 spiro atoms. The second-order valence-electron chi connectivity index (χ2n) is 3.23. The molecule has 3 atom stereocenters. The van der Waals surface area contributed by atoms with Crippen molar-refractivity contribution in [2.45, 2.75) is 31.5 Å². The van der Waals surface area contributed by atoms with Gasteiger partial charge in [0.25, 0.3) is 0 Å². The van der Waals surface area contributed by atoms with Crippen molar-refractivity contribution in [2.24, 2.45) is 0 Å². The van der Waals surface area contributed by atoms with E-state index in [2.05, 4.69) is 6.07 Å². The average Bonchev–Trinajstić information content (AvgIpc) is 2.45. The van der Waals surface area contributed by atoms with E-state index >= 15 is 0 Å². The third-order valence-electron chi connectivity index (χ3n) is 2.33. The Morgan fingerprint density at radius 2 is 2.42 bits per heavy atom. The predicted molar refractivity (Wildman–Crippen MR) is 43.3 cm³/mol. The van der Waals surface area contributed by atoms with E-state index in [9.17, 15) is 5.11 Å². The molecule has 1 rings (SSSR count). The van der Waals surface area contributed by atoms with Gasteiger partial charge in [-0.3, -0.25) is 4.90 Å². The number of rotatable bonds is 2. The summed E-state index contributed by atoms with van der Waals surface area (Å²) in [5.41, 5.74) is 0. The zero-order chi connectivity index (χ0) is 9.14. The van der Waals surface area contributed by atoms with Gasteiger partial charge in [-0.05, 0) is 13.3 Å². The monoisotopic (exact) mass is 170 g/mol. The first-order valence-corrected chi connectivity index (χ1v) is 4.13. The highest BCUT2D eigenvalue weighted by Crippen LogP contribution is 2.19.